The molecule has 0 bridgehead atoms. The molecule has 0 spiro atoms. The van der Waals surface area contributed by atoms with Crippen molar-refractivity contribution in [3.8, 4) is 0 Å². The molecule has 0 saturated heterocycles. The first-order chi connectivity index (χ1) is 9.45. The third-order valence-corrected chi connectivity index (χ3v) is 5.63. The van der Waals surface area contributed by atoms with Crippen molar-refractivity contribution < 1.29 is 8.42 Å². The van der Waals surface area contributed by atoms with Gasteiger partial charge in [0.2, 0.25) is 10.0 Å². The van der Waals surface area contributed by atoms with Crippen molar-refractivity contribution in [1.82, 2.24) is 20.2 Å². The number of aromatic nitrogens is 2. The number of H-pyrrole nitrogens is 1. The van der Waals surface area contributed by atoms with Gasteiger partial charge < -0.3 is 5.32 Å². The highest BCUT2D eigenvalue weighted by molar-refractivity contribution is 7.89. The fourth-order valence-electron chi connectivity index (χ4n) is 2.77. The number of nitrogens with one attached hydrogen (secondary N) is 3. The molecular formula is C13H24N4O2S. The standard InChI is InChI=1S/C13H24N4O2S/c1-4-14-8-12-13(10(3)15-16-12)20(18,19)17-11-7-5-6-9(11)2/h9,11,14,17H,4-8H2,1-3H3,(H,15,16). The van der Waals surface area contributed by atoms with Crippen molar-refractivity contribution in [3.63, 3.8) is 0 Å². The molecule has 2 rings (SSSR count). The summed E-state index contributed by atoms with van der Waals surface area (Å²) >= 11 is 0. The summed E-state index contributed by atoms with van der Waals surface area (Å²) in [5, 5.41) is 10.0. The molecular weight excluding hydrogens is 276 g/mol. The first kappa shape index (κ1) is 15.5. The van der Waals surface area contributed by atoms with Crippen LogP contribution in [-0.2, 0) is 16.6 Å². The van der Waals surface area contributed by atoms with Crippen LogP contribution in [0.5, 0.6) is 0 Å². The summed E-state index contributed by atoms with van der Waals surface area (Å²) in [5.41, 5.74) is 1.15. The SMILES string of the molecule is CCNCc1n[nH]c(C)c1S(=O)(=O)NC1CCCC1C. The second-order valence-corrected chi connectivity index (χ2v) is 7.19. The van der Waals surface area contributed by atoms with Gasteiger partial charge >= 0.3 is 0 Å². The van der Waals surface area contributed by atoms with Crippen LogP contribution in [0.25, 0.3) is 0 Å². The van der Waals surface area contributed by atoms with Gasteiger partial charge in [0.15, 0.2) is 0 Å². The topological polar surface area (TPSA) is 86.9 Å². The van der Waals surface area contributed by atoms with Crippen LogP contribution in [0.2, 0.25) is 0 Å². The molecule has 3 N–H and O–H groups in total. The first-order valence-corrected chi connectivity index (χ1v) is 8.71. The molecule has 1 heterocycles. The van der Waals surface area contributed by atoms with Crippen molar-refractivity contribution in [2.45, 2.75) is 57.5 Å². The van der Waals surface area contributed by atoms with Gasteiger partial charge in [0.05, 0.1) is 11.4 Å². The smallest absolute Gasteiger partial charge is 0.244 e. The van der Waals surface area contributed by atoms with Crippen LogP contribution >= 0.6 is 0 Å². The Kier molecular flexibility index (Phi) is 4.82. The minimum absolute atomic E-state index is 0.0429. The van der Waals surface area contributed by atoms with Gasteiger partial charge in [-0.05, 0) is 32.2 Å². The number of hydrogen-bond acceptors (Lipinski definition) is 4. The molecule has 0 amide bonds. The van der Waals surface area contributed by atoms with Crippen molar-refractivity contribution in [2.24, 2.45) is 5.92 Å². The largest absolute Gasteiger partial charge is 0.311 e. The van der Waals surface area contributed by atoms with E-state index in [0.29, 0.717) is 28.7 Å². The average molecular weight is 300 g/mol. The van der Waals surface area contributed by atoms with Gasteiger partial charge in [-0.2, -0.15) is 5.10 Å². The van der Waals surface area contributed by atoms with E-state index in [4.69, 9.17) is 0 Å². The van der Waals surface area contributed by atoms with Crippen LogP contribution in [0.15, 0.2) is 4.90 Å². The van der Waals surface area contributed by atoms with Crippen LogP contribution in [0.1, 0.15) is 44.5 Å². The zero-order chi connectivity index (χ0) is 14.8. The van der Waals surface area contributed by atoms with Crippen LogP contribution in [-0.4, -0.2) is 31.2 Å². The lowest BCUT2D eigenvalue weighted by Gasteiger charge is -2.17. The lowest BCUT2D eigenvalue weighted by molar-refractivity contribution is 0.476. The minimum Gasteiger partial charge on any atom is -0.311 e. The highest BCUT2D eigenvalue weighted by Crippen LogP contribution is 2.27. The lowest BCUT2D eigenvalue weighted by atomic mass is 10.1. The predicted octanol–water partition coefficient (Wildman–Crippen LogP) is 1.29. The van der Waals surface area contributed by atoms with Crippen molar-refractivity contribution in [2.75, 3.05) is 6.54 Å². The molecule has 20 heavy (non-hydrogen) atoms. The van der Waals surface area contributed by atoms with Crippen molar-refractivity contribution in [3.05, 3.63) is 11.4 Å². The van der Waals surface area contributed by atoms with E-state index in [9.17, 15) is 8.42 Å². The Morgan fingerprint density at radius 2 is 2.15 bits per heavy atom. The van der Waals surface area contributed by atoms with Crippen molar-refractivity contribution >= 4 is 10.0 Å². The third-order valence-electron chi connectivity index (χ3n) is 3.94. The Hall–Kier alpha value is -0.920. The van der Waals surface area contributed by atoms with Gasteiger partial charge in [-0.3, -0.25) is 5.10 Å². The summed E-state index contributed by atoms with van der Waals surface area (Å²) in [6.45, 7) is 7.05. The fraction of sp³-hybridized carbons (Fsp3) is 0.769. The number of aryl methyl sites for hydroxylation is 1. The first-order valence-electron chi connectivity index (χ1n) is 7.22. The van der Waals surface area contributed by atoms with Gasteiger partial charge in [-0.15, -0.1) is 0 Å². The molecule has 0 aliphatic heterocycles. The molecule has 1 aromatic heterocycles. The summed E-state index contributed by atoms with van der Waals surface area (Å²) < 4.78 is 28.1. The van der Waals surface area contributed by atoms with Crippen LogP contribution in [0.3, 0.4) is 0 Å². The number of sulfonamides is 1. The Labute approximate surface area is 120 Å². The highest BCUT2D eigenvalue weighted by atomic mass is 32.2. The Morgan fingerprint density at radius 1 is 1.40 bits per heavy atom. The Bertz CT molecular complexity index is 553. The maximum Gasteiger partial charge on any atom is 0.244 e. The monoisotopic (exact) mass is 300 g/mol. The molecule has 0 aromatic carbocycles. The lowest BCUT2D eigenvalue weighted by Crippen LogP contribution is -2.37. The van der Waals surface area contributed by atoms with E-state index in [1.165, 1.54) is 0 Å². The molecule has 1 saturated carbocycles. The summed E-state index contributed by atoms with van der Waals surface area (Å²) in [5.74, 6) is 0.397. The van der Waals surface area contributed by atoms with Gasteiger partial charge in [-0.25, -0.2) is 13.1 Å². The molecule has 114 valence electrons. The van der Waals surface area contributed by atoms with E-state index in [0.717, 1.165) is 25.8 Å². The fourth-order valence-corrected chi connectivity index (χ4v) is 4.51. The Morgan fingerprint density at radius 3 is 2.75 bits per heavy atom. The van der Waals surface area contributed by atoms with Gasteiger partial charge in [0.1, 0.15) is 4.90 Å². The predicted molar refractivity (Wildman–Crippen MR) is 77.8 cm³/mol. The molecule has 1 aliphatic rings. The van der Waals surface area contributed by atoms with Gasteiger partial charge in [0.25, 0.3) is 0 Å². The summed E-state index contributed by atoms with van der Waals surface area (Å²) in [6.07, 6.45) is 3.09. The number of rotatable bonds is 6. The number of hydrogen-bond donors (Lipinski definition) is 3. The second kappa shape index (κ2) is 6.24. The average Bonchev–Trinajstić information content (AvgIpc) is 2.94. The zero-order valence-corrected chi connectivity index (χ0v) is 13.2. The van der Waals surface area contributed by atoms with Crippen LogP contribution in [0, 0.1) is 12.8 Å². The third kappa shape index (κ3) is 3.21. The van der Waals surface area contributed by atoms with E-state index in [1.54, 1.807) is 6.92 Å². The molecule has 6 nitrogen and oxygen atoms in total. The zero-order valence-electron chi connectivity index (χ0n) is 12.4. The molecule has 2 unspecified atom stereocenters. The van der Waals surface area contributed by atoms with E-state index in [2.05, 4.69) is 27.2 Å². The number of aromatic amines is 1. The maximum atomic E-state index is 12.6. The quantitative estimate of drug-likeness (QED) is 0.739. The summed E-state index contributed by atoms with van der Waals surface area (Å²) in [6, 6.07) is 0.0429. The highest BCUT2D eigenvalue weighted by Gasteiger charge is 2.31. The van der Waals surface area contributed by atoms with E-state index < -0.39 is 10.0 Å². The van der Waals surface area contributed by atoms with Crippen molar-refractivity contribution in [1.29, 1.82) is 0 Å². The number of nitrogens with zero attached hydrogens (tertiary/aromatic N) is 1. The molecule has 1 aliphatic carbocycles. The van der Waals surface area contributed by atoms with Gasteiger partial charge in [-0.1, -0.05) is 20.3 Å². The van der Waals surface area contributed by atoms with E-state index >= 15 is 0 Å². The van der Waals surface area contributed by atoms with E-state index in [-0.39, 0.29) is 6.04 Å². The molecule has 1 aromatic rings. The normalized spacial score (nSPS) is 23.4. The molecule has 1 fully saturated rings. The van der Waals surface area contributed by atoms with Crippen LogP contribution < -0.4 is 10.0 Å². The Balaban J connectivity index is 2.22. The molecule has 7 heteroatoms. The van der Waals surface area contributed by atoms with Gasteiger partial charge in [0, 0.05) is 12.6 Å². The van der Waals surface area contributed by atoms with Crippen LogP contribution in [0.4, 0.5) is 0 Å². The molecule has 2 atom stereocenters. The minimum atomic E-state index is -3.51. The summed E-state index contributed by atoms with van der Waals surface area (Å²) in [4.78, 5) is 0.303. The second-order valence-electron chi connectivity index (χ2n) is 5.54. The maximum absolute atomic E-state index is 12.6. The molecule has 0 radical (unpaired) electrons. The van der Waals surface area contributed by atoms with E-state index in [1.807, 2.05) is 6.92 Å². The summed E-state index contributed by atoms with van der Waals surface area (Å²) in [7, 11) is -3.51.